The van der Waals surface area contributed by atoms with Crippen molar-refractivity contribution in [3.05, 3.63) is 173 Å². The summed E-state index contributed by atoms with van der Waals surface area (Å²) in [6, 6.07) is 48.0. The number of halogens is 2. The Bertz CT molecular complexity index is 2640. The molecular weight excluding hydrogens is 747 g/mol. The molecule has 244 valence electrons. The minimum atomic E-state index is -5.08. The van der Waals surface area contributed by atoms with Crippen molar-refractivity contribution in [3.8, 4) is 22.3 Å². The van der Waals surface area contributed by atoms with E-state index in [1.807, 2.05) is 6.07 Å². The normalized spacial score (nSPS) is 17.1. The molecule has 6 aromatic carbocycles. The van der Waals surface area contributed by atoms with Crippen LogP contribution in [0.5, 0.6) is 0 Å². The van der Waals surface area contributed by atoms with Crippen molar-refractivity contribution in [1.82, 2.24) is 0 Å². The fourth-order valence-corrected chi connectivity index (χ4v) is 38.1. The van der Waals surface area contributed by atoms with Gasteiger partial charge in [0.1, 0.15) is 0 Å². The van der Waals surface area contributed by atoms with Crippen LogP contribution in [0.15, 0.2) is 150 Å². The molecule has 0 spiro atoms. The van der Waals surface area contributed by atoms with Gasteiger partial charge in [0.15, 0.2) is 0 Å². The van der Waals surface area contributed by atoms with Gasteiger partial charge in [-0.3, -0.25) is 0 Å². The standard InChI is InChI=1S/C23H15O.C20H15.C2H6Si.2ClH.Zr/c1-2-9-19-16(6-1)7-3-10-20(19)21-11-4-8-17-14-18(15-22(17)21)23-12-5-13-24-23;1-14-12-16-8-5-11-19(20(16)13-14)18-10-4-7-15-6-2-3-9-17(15)18;1-3-2;;;/h1-15H;2-13H,1H3;1-2H3;2*1H;/q;;;;;+2/p-2. The van der Waals surface area contributed by atoms with Gasteiger partial charge in [-0.15, -0.1) is 0 Å². The van der Waals surface area contributed by atoms with Crippen LogP contribution in [0.25, 0.3) is 61.5 Å². The molecule has 5 heteroatoms. The Morgan fingerprint density at radius 3 is 1.60 bits per heavy atom. The number of rotatable bonds is 5. The van der Waals surface area contributed by atoms with Gasteiger partial charge in [0.2, 0.25) is 0 Å². The van der Waals surface area contributed by atoms with Gasteiger partial charge >= 0.3 is 304 Å². The number of hydrogen-bond donors (Lipinski definition) is 0. The molecule has 0 bridgehead atoms. The molecule has 50 heavy (non-hydrogen) atoms. The number of furan rings is 1. The topological polar surface area (TPSA) is 13.1 Å². The zero-order valence-electron chi connectivity index (χ0n) is 28.3. The van der Waals surface area contributed by atoms with Crippen LogP contribution in [0, 0.1) is 0 Å². The van der Waals surface area contributed by atoms with Gasteiger partial charge in [-0.25, -0.2) is 0 Å². The molecule has 7 aromatic rings. The molecule has 1 heterocycles. The van der Waals surface area contributed by atoms with Crippen LogP contribution in [0.1, 0.15) is 42.2 Å². The second-order valence-electron chi connectivity index (χ2n) is 14.2. The van der Waals surface area contributed by atoms with E-state index >= 15 is 0 Å². The minimum absolute atomic E-state index is 0.0379. The Balaban J connectivity index is 1.30. The molecule has 9 rings (SSSR count). The first-order valence-corrected chi connectivity index (χ1v) is 32.6. The van der Waals surface area contributed by atoms with Crippen molar-refractivity contribution >= 4 is 61.7 Å². The van der Waals surface area contributed by atoms with Crippen LogP contribution in [0.4, 0.5) is 0 Å². The Labute approximate surface area is 301 Å². The number of fused-ring (bicyclic) bond motifs is 4. The fraction of sp³-hybridized carbons (Fsp3) is 0.111. The van der Waals surface area contributed by atoms with E-state index in [0.717, 1.165) is 11.3 Å². The summed E-state index contributed by atoms with van der Waals surface area (Å²) >= 11 is -5.08. The van der Waals surface area contributed by atoms with Crippen LogP contribution < -0.4 is 0 Å². The van der Waals surface area contributed by atoms with Gasteiger partial charge in [0.05, 0.1) is 0 Å². The molecule has 0 amide bonds. The number of hydrogen-bond acceptors (Lipinski definition) is 1. The van der Waals surface area contributed by atoms with E-state index in [1.165, 1.54) is 71.6 Å². The predicted octanol–water partition coefficient (Wildman–Crippen LogP) is 13.9. The Morgan fingerprint density at radius 1 is 0.540 bits per heavy atom. The zero-order chi connectivity index (χ0) is 34.2. The van der Waals surface area contributed by atoms with Gasteiger partial charge in [-0.2, -0.15) is 0 Å². The van der Waals surface area contributed by atoms with Crippen molar-refractivity contribution in [1.29, 1.82) is 0 Å². The molecule has 1 aromatic heterocycles. The van der Waals surface area contributed by atoms with Crippen molar-refractivity contribution in [2.45, 2.75) is 27.3 Å². The summed E-state index contributed by atoms with van der Waals surface area (Å²) < 4.78 is 6.06. The summed E-state index contributed by atoms with van der Waals surface area (Å²) in [4.78, 5) is 0. The second-order valence-corrected chi connectivity index (χ2v) is 52.9. The molecule has 2 unspecified atom stereocenters. The van der Waals surface area contributed by atoms with Gasteiger partial charge in [0, 0.05) is 0 Å². The van der Waals surface area contributed by atoms with Gasteiger partial charge in [-0.05, 0) is 0 Å². The molecule has 0 aliphatic heterocycles. The average molecular weight is 783 g/mol. The monoisotopic (exact) mass is 780 g/mol. The molecule has 2 aliphatic carbocycles. The third-order valence-corrected chi connectivity index (χ3v) is 57.9. The van der Waals surface area contributed by atoms with Crippen LogP contribution in [0.3, 0.4) is 0 Å². The van der Waals surface area contributed by atoms with Gasteiger partial charge < -0.3 is 0 Å². The third-order valence-electron chi connectivity index (χ3n) is 11.3. The molecule has 0 N–H and O–H groups in total. The maximum atomic E-state index is 8.69. The first-order valence-electron chi connectivity index (χ1n) is 17.3. The second kappa shape index (κ2) is 11.9. The summed E-state index contributed by atoms with van der Waals surface area (Å²) in [6.45, 7) is 6.99. The fourth-order valence-electron chi connectivity index (χ4n) is 9.02. The first-order chi connectivity index (χ1) is 24.2. The van der Waals surface area contributed by atoms with Crippen LogP contribution >= 0.6 is 17.0 Å². The zero-order valence-corrected chi connectivity index (χ0v) is 33.2. The average Bonchev–Trinajstić information content (AvgIpc) is 3.89. The van der Waals surface area contributed by atoms with Crippen LogP contribution in [-0.2, 0) is 15.0 Å². The van der Waals surface area contributed by atoms with E-state index in [9.17, 15) is 0 Å². The molecular formula is C45H36Cl2OSiZr. The van der Waals surface area contributed by atoms with E-state index in [4.69, 9.17) is 21.4 Å². The molecule has 0 fully saturated rings. The Kier molecular flexibility index (Phi) is 7.68. The Hall–Kier alpha value is -3.72. The number of allylic oxidation sites excluding steroid dienone is 2. The van der Waals surface area contributed by atoms with Crippen molar-refractivity contribution in [2.75, 3.05) is 0 Å². The van der Waals surface area contributed by atoms with Crippen molar-refractivity contribution in [2.24, 2.45) is 0 Å². The van der Waals surface area contributed by atoms with E-state index in [1.54, 1.807) is 6.26 Å². The SMILES string of the molecule is CC1=Cc2c(-c3cccc4ccccc34)cccc2[CH]1[Zr]([Cl])([Cl])([CH]1C(c2ccco2)=Cc2c(-c3cccc4ccccc34)cccc21)=[Si](C)C. The summed E-state index contributed by atoms with van der Waals surface area (Å²) in [5, 5.41) is 4.96. The molecule has 0 saturated carbocycles. The maximum absolute atomic E-state index is 8.69. The van der Waals surface area contributed by atoms with Gasteiger partial charge in [0.25, 0.3) is 0 Å². The quantitative estimate of drug-likeness (QED) is 0.159. The van der Waals surface area contributed by atoms with Crippen molar-refractivity contribution in [3.63, 3.8) is 0 Å². The predicted molar refractivity (Wildman–Crippen MR) is 214 cm³/mol. The van der Waals surface area contributed by atoms with E-state index in [0.29, 0.717) is 0 Å². The number of benzene rings is 6. The van der Waals surface area contributed by atoms with Crippen LogP contribution in [0.2, 0.25) is 13.1 Å². The Morgan fingerprint density at radius 2 is 1.04 bits per heavy atom. The van der Waals surface area contributed by atoms with E-state index in [2.05, 4.69) is 160 Å². The summed E-state index contributed by atoms with van der Waals surface area (Å²) in [5.74, 6) is 0.851. The summed E-state index contributed by atoms with van der Waals surface area (Å²) in [7, 11) is 17.4. The summed E-state index contributed by atoms with van der Waals surface area (Å²) in [5.41, 5.74) is 11.0. The first kappa shape index (κ1) is 32.2. The molecule has 2 atom stereocenters. The molecule has 0 saturated heterocycles. The summed E-state index contributed by atoms with van der Waals surface area (Å²) in [6.07, 6.45) is 6.50. The van der Waals surface area contributed by atoms with Crippen LogP contribution in [-0.4, -0.2) is 5.43 Å². The van der Waals surface area contributed by atoms with Gasteiger partial charge in [-0.1, -0.05) is 0 Å². The third kappa shape index (κ3) is 4.67. The van der Waals surface area contributed by atoms with E-state index < -0.39 is 20.4 Å². The molecule has 2 aliphatic rings. The molecule has 1 nitrogen and oxygen atoms in total. The molecule has 0 radical (unpaired) electrons. The van der Waals surface area contributed by atoms with Crippen molar-refractivity contribution < 1.29 is 19.4 Å². The van der Waals surface area contributed by atoms with E-state index in [-0.39, 0.29) is 7.25 Å².